The minimum atomic E-state index is -0.422. The topological polar surface area (TPSA) is 85.3 Å². The summed E-state index contributed by atoms with van der Waals surface area (Å²) in [5, 5.41) is 9.72. The lowest BCUT2D eigenvalue weighted by Gasteiger charge is -2.29. The van der Waals surface area contributed by atoms with Crippen molar-refractivity contribution in [3.05, 3.63) is 50.1 Å². The molecule has 0 aliphatic carbocycles. The molecule has 1 aromatic carbocycles. The molecule has 8 nitrogen and oxygen atoms in total. The Morgan fingerprint density at radius 3 is 2.63 bits per heavy atom. The summed E-state index contributed by atoms with van der Waals surface area (Å²) in [6, 6.07) is 7.46. The maximum absolute atomic E-state index is 13.0. The Kier molecular flexibility index (Phi) is 4.53. The van der Waals surface area contributed by atoms with Crippen molar-refractivity contribution in [2.45, 2.75) is 25.9 Å². The number of anilines is 2. The lowest BCUT2D eigenvalue weighted by Crippen LogP contribution is -2.40. The van der Waals surface area contributed by atoms with Gasteiger partial charge in [0, 0.05) is 44.0 Å². The summed E-state index contributed by atoms with van der Waals surface area (Å²) in [7, 11) is 1.62. The Hall–Kier alpha value is -2.58. The van der Waals surface area contributed by atoms with E-state index < -0.39 is 5.69 Å². The third kappa shape index (κ3) is 2.85. The molecule has 1 aliphatic rings. The monoisotopic (exact) mass is 389 g/mol. The molecule has 0 bridgehead atoms. The van der Waals surface area contributed by atoms with E-state index in [-0.39, 0.29) is 18.7 Å². The summed E-state index contributed by atoms with van der Waals surface area (Å²) >= 11 is 5.99. The summed E-state index contributed by atoms with van der Waals surface area (Å²) < 4.78 is 4.46. The Bertz CT molecular complexity index is 1110. The fourth-order valence-corrected chi connectivity index (χ4v) is 3.68. The van der Waals surface area contributed by atoms with Gasteiger partial charge in [0.15, 0.2) is 11.2 Å². The van der Waals surface area contributed by atoms with Crippen molar-refractivity contribution in [2.75, 3.05) is 18.1 Å². The van der Waals surface area contributed by atoms with Crippen molar-refractivity contribution >= 4 is 34.4 Å². The predicted molar refractivity (Wildman–Crippen MR) is 104 cm³/mol. The number of imidazole rings is 1. The summed E-state index contributed by atoms with van der Waals surface area (Å²) in [6.07, 6.45) is 1.19. The van der Waals surface area contributed by atoms with Crippen LogP contribution in [0.25, 0.3) is 11.2 Å². The number of benzene rings is 1. The molecule has 0 atom stereocenters. The van der Waals surface area contributed by atoms with Crippen molar-refractivity contribution in [2.24, 2.45) is 7.05 Å². The molecule has 0 unspecified atom stereocenters. The highest BCUT2D eigenvalue weighted by Crippen LogP contribution is 2.31. The highest BCUT2D eigenvalue weighted by molar-refractivity contribution is 6.30. The van der Waals surface area contributed by atoms with E-state index >= 15 is 0 Å². The molecule has 0 fully saturated rings. The van der Waals surface area contributed by atoms with Gasteiger partial charge < -0.3 is 14.6 Å². The van der Waals surface area contributed by atoms with E-state index in [1.807, 2.05) is 33.7 Å². The Morgan fingerprint density at radius 1 is 1.19 bits per heavy atom. The maximum atomic E-state index is 13.0. The predicted octanol–water partition coefficient (Wildman–Crippen LogP) is 1.47. The van der Waals surface area contributed by atoms with E-state index in [4.69, 9.17) is 16.7 Å². The van der Waals surface area contributed by atoms with Crippen molar-refractivity contribution < 1.29 is 5.11 Å². The molecule has 0 saturated carbocycles. The zero-order valence-corrected chi connectivity index (χ0v) is 15.7. The molecule has 27 heavy (non-hydrogen) atoms. The first kappa shape index (κ1) is 17.8. The van der Waals surface area contributed by atoms with Crippen LogP contribution in [0, 0.1) is 0 Å². The van der Waals surface area contributed by atoms with Crippen molar-refractivity contribution in [1.29, 1.82) is 0 Å². The molecular formula is C18H20ClN5O3. The molecule has 1 N–H and O–H groups in total. The Labute approximate surface area is 159 Å². The highest BCUT2D eigenvalue weighted by Gasteiger charge is 2.26. The summed E-state index contributed by atoms with van der Waals surface area (Å²) in [5.74, 6) is 0.644. The number of hydrogen-bond donors (Lipinski definition) is 1. The normalized spacial score (nSPS) is 14.0. The molecule has 0 amide bonds. The molecule has 9 heteroatoms. The zero-order chi connectivity index (χ0) is 19.1. The van der Waals surface area contributed by atoms with Gasteiger partial charge in [-0.2, -0.15) is 4.98 Å². The molecular weight excluding hydrogens is 370 g/mol. The van der Waals surface area contributed by atoms with Crippen molar-refractivity contribution in [3.8, 4) is 0 Å². The van der Waals surface area contributed by atoms with Gasteiger partial charge in [-0.15, -0.1) is 0 Å². The number of aromatic nitrogens is 4. The number of nitrogens with zero attached hydrogens (tertiary/aromatic N) is 5. The van der Waals surface area contributed by atoms with E-state index in [1.54, 1.807) is 7.05 Å². The van der Waals surface area contributed by atoms with Crippen LogP contribution in [0.5, 0.6) is 0 Å². The number of hydrogen-bond acceptors (Lipinski definition) is 5. The van der Waals surface area contributed by atoms with E-state index in [2.05, 4.69) is 4.98 Å². The van der Waals surface area contributed by atoms with Crippen molar-refractivity contribution in [1.82, 2.24) is 18.7 Å². The first-order chi connectivity index (χ1) is 13.0. The third-order valence-electron chi connectivity index (χ3n) is 4.90. The number of aliphatic hydroxyl groups is 1. The molecule has 2 aromatic heterocycles. The van der Waals surface area contributed by atoms with E-state index in [9.17, 15) is 9.59 Å². The van der Waals surface area contributed by atoms with Crippen LogP contribution in [0.4, 0.5) is 11.6 Å². The zero-order valence-electron chi connectivity index (χ0n) is 14.9. The van der Waals surface area contributed by atoms with E-state index in [0.717, 1.165) is 18.7 Å². The average molecular weight is 390 g/mol. The Balaban J connectivity index is 1.94. The fraction of sp³-hybridized carbons (Fsp3) is 0.389. The van der Waals surface area contributed by atoms with Gasteiger partial charge in [0.05, 0.1) is 0 Å². The standard InChI is InChI=1S/C18H20ClN5O3/c1-21-15-14(16(26)24(18(21)27)10-3-11-25)23-9-2-8-22(17(23)20-15)13-6-4-12(19)5-7-13/h4-7,25H,2-3,8-11H2,1H3. The largest absolute Gasteiger partial charge is 0.396 e. The second kappa shape index (κ2) is 6.86. The number of fused-ring (bicyclic) bond motifs is 3. The van der Waals surface area contributed by atoms with Crippen LogP contribution >= 0.6 is 11.6 Å². The smallest absolute Gasteiger partial charge is 0.332 e. The molecule has 3 heterocycles. The first-order valence-corrected chi connectivity index (χ1v) is 9.24. The third-order valence-corrected chi connectivity index (χ3v) is 5.15. The minimum absolute atomic E-state index is 0.0809. The SMILES string of the molecule is Cn1c(=O)n(CCCO)c(=O)c2c1nc1n2CCCN1c1ccc(Cl)cc1. The average Bonchev–Trinajstić information content (AvgIpc) is 3.07. The van der Waals surface area contributed by atoms with Gasteiger partial charge >= 0.3 is 5.69 Å². The summed E-state index contributed by atoms with van der Waals surface area (Å²) in [4.78, 5) is 32.2. The minimum Gasteiger partial charge on any atom is -0.396 e. The van der Waals surface area contributed by atoms with Crippen LogP contribution in [0.1, 0.15) is 12.8 Å². The van der Waals surface area contributed by atoms with Gasteiger partial charge in [-0.3, -0.25) is 13.9 Å². The second-order valence-corrected chi connectivity index (χ2v) is 7.03. The number of aliphatic hydroxyl groups excluding tert-OH is 1. The van der Waals surface area contributed by atoms with Crippen LogP contribution in [0.15, 0.2) is 33.9 Å². The van der Waals surface area contributed by atoms with E-state index in [1.165, 1.54) is 9.13 Å². The van der Waals surface area contributed by atoms with Gasteiger partial charge in [0.2, 0.25) is 5.95 Å². The lowest BCUT2D eigenvalue weighted by atomic mass is 10.2. The second-order valence-electron chi connectivity index (χ2n) is 6.59. The van der Waals surface area contributed by atoms with Crippen LogP contribution in [-0.4, -0.2) is 36.9 Å². The lowest BCUT2D eigenvalue weighted by molar-refractivity contribution is 0.277. The molecule has 3 aromatic rings. The van der Waals surface area contributed by atoms with Gasteiger partial charge in [-0.1, -0.05) is 11.6 Å². The maximum Gasteiger partial charge on any atom is 0.332 e. The molecule has 0 spiro atoms. The quantitative estimate of drug-likeness (QED) is 0.730. The van der Waals surface area contributed by atoms with Gasteiger partial charge in [0.25, 0.3) is 5.56 Å². The van der Waals surface area contributed by atoms with Crippen molar-refractivity contribution in [3.63, 3.8) is 0 Å². The van der Waals surface area contributed by atoms with E-state index in [0.29, 0.717) is 35.1 Å². The van der Waals surface area contributed by atoms with Crippen LogP contribution < -0.4 is 16.1 Å². The number of aryl methyl sites for hydroxylation is 2. The van der Waals surface area contributed by atoms with Crippen LogP contribution in [0.2, 0.25) is 5.02 Å². The molecule has 1 aliphatic heterocycles. The molecule has 0 radical (unpaired) electrons. The van der Waals surface area contributed by atoms with Gasteiger partial charge in [0.1, 0.15) is 0 Å². The van der Waals surface area contributed by atoms with Crippen LogP contribution in [-0.2, 0) is 20.1 Å². The molecule has 0 saturated heterocycles. The summed E-state index contributed by atoms with van der Waals surface area (Å²) in [6.45, 7) is 1.52. The molecule has 4 rings (SSSR count). The van der Waals surface area contributed by atoms with Gasteiger partial charge in [-0.05, 0) is 37.1 Å². The number of rotatable bonds is 4. The van der Waals surface area contributed by atoms with Gasteiger partial charge in [-0.25, -0.2) is 4.79 Å². The first-order valence-electron chi connectivity index (χ1n) is 8.87. The molecule has 142 valence electrons. The summed E-state index contributed by atoms with van der Waals surface area (Å²) in [5.41, 5.74) is 0.943. The highest BCUT2D eigenvalue weighted by atomic mass is 35.5. The fourth-order valence-electron chi connectivity index (χ4n) is 3.56. The number of halogens is 1. The van der Waals surface area contributed by atoms with Crippen LogP contribution in [0.3, 0.4) is 0 Å². The Morgan fingerprint density at radius 2 is 1.93 bits per heavy atom.